The Morgan fingerprint density at radius 3 is 3.15 bits per heavy atom. The van der Waals surface area contributed by atoms with Crippen molar-refractivity contribution >= 4 is 28.2 Å². The highest BCUT2D eigenvalue weighted by Crippen LogP contribution is 2.38. The van der Waals surface area contributed by atoms with E-state index in [2.05, 4.69) is 28.9 Å². The summed E-state index contributed by atoms with van der Waals surface area (Å²) < 4.78 is 0. The summed E-state index contributed by atoms with van der Waals surface area (Å²) in [6.45, 7) is 5.72. The van der Waals surface area contributed by atoms with Gasteiger partial charge in [0, 0.05) is 29.8 Å². The van der Waals surface area contributed by atoms with Crippen molar-refractivity contribution < 1.29 is 0 Å². The molecule has 0 aromatic carbocycles. The number of fused-ring (bicyclic) bond motifs is 1. The van der Waals surface area contributed by atoms with Crippen molar-refractivity contribution in [2.75, 3.05) is 36.0 Å². The molecule has 1 aliphatic carbocycles. The van der Waals surface area contributed by atoms with Gasteiger partial charge < -0.3 is 10.2 Å². The number of nitrogens with zero attached hydrogens (tertiary/aromatic N) is 2. The van der Waals surface area contributed by atoms with Crippen LogP contribution in [0.2, 0.25) is 0 Å². The van der Waals surface area contributed by atoms with Crippen LogP contribution >= 0.6 is 23.1 Å². The minimum absolute atomic E-state index is 0.561. The number of rotatable bonds is 4. The maximum absolute atomic E-state index is 4.97. The Labute approximate surface area is 130 Å². The zero-order valence-corrected chi connectivity index (χ0v) is 14.0. The molecule has 0 amide bonds. The Morgan fingerprint density at radius 1 is 1.30 bits per heavy atom. The molecule has 0 radical (unpaired) electrons. The third-order valence-corrected chi connectivity index (χ3v) is 6.39. The first-order valence-corrected chi connectivity index (χ1v) is 9.91. The summed E-state index contributed by atoms with van der Waals surface area (Å²) in [5, 5.41) is 4.98. The number of hydrogen-bond donors (Lipinski definition) is 1. The molecule has 112 valence electrons. The molecule has 0 saturated carbocycles. The first-order valence-electron chi connectivity index (χ1n) is 7.94. The van der Waals surface area contributed by atoms with E-state index in [4.69, 9.17) is 4.98 Å². The Kier molecular flexibility index (Phi) is 5.24. The molecule has 2 heterocycles. The quantitative estimate of drug-likeness (QED) is 0.922. The second kappa shape index (κ2) is 7.14. The van der Waals surface area contributed by atoms with E-state index in [-0.39, 0.29) is 0 Å². The molecule has 2 aliphatic rings. The highest BCUT2D eigenvalue weighted by atomic mass is 32.2. The van der Waals surface area contributed by atoms with Crippen molar-refractivity contribution in [3.8, 4) is 0 Å². The van der Waals surface area contributed by atoms with Gasteiger partial charge in [0.25, 0.3) is 0 Å². The first-order chi connectivity index (χ1) is 9.88. The molecule has 3 nitrogen and oxygen atoms in total. The molecule has 1 aromatic heterocycles. The third kappa shape index (κ3) is 3.31. The molecule has 1 N–H and O–H groups in total. The number of thiazole rings is 1. The zero-order valence-electron chi connectivity index (χ0n) is 12.4. The van der Waals surface area contributed by atoms with Gasteiger partial charge in [0.15, 0.2) is 5.13 Å². The van der Waals surface area contributed by atoms with Crippen molar-refractivity contribution in [2.45, 2.75) is 45.1 Å². The van der Waals surface area contributed by atoms with E-state index in [1.807, 2.05) is 11.3 Å². The Balaban J connectivity index is 1.75. The van der Waals surface area contributed by atoms with Crippen LogP contribution in [-0.2, 0) is 6.42 Å². The van der Waals surface area contributed by atoms with E-state index in [0.29, 0.717) is 6.04 Å². The summed E-state index contributed by atoms with van der Waals surface area (Å²) in [5.41, 5.74) is 1.38. The van der Waals surface area contributed by atoms with Crippen LogP contribution in [0.5, 0.6) is 0 Å². The summed E-state index contributed by atoms with van der Waals surface area (Å²) in [4.78, 5) is 9.01. The van der Waals surface area contributed by atoms with Gasteiger partial charge in [-0.15, -0.1) is 0 Å². The predicted molar refractivity (Wildman–Crippen MR) is 90.2 cm³/mol. The van der Waals surface area contributed by atoms with Crippen LogP contribution in [-0.4, -0.2) is 36.1 Å². The smallest absolute Gasteiger partial charge is 0.185 e. The average molecular weight is 312 g/mol. The molecule has 1 unspecified atom stereocenters. The summed E-state index contributed by atoms with van der Waals surface area (Å²) >= 11 is 4.04. The van der Waals surface area contributed by atoms with Crippen molar-refractivity contribution in [1.29, 1.82) is 0 Å². The first kappa shape index (κ1) is 14.7. The second-order valence-electron chi connectivity index (χ2n) is 5.66. The van der Waals surface area contributed by atoms with Gasteiger partial charge in [-0.2, -0.15) is 11.8 Å². The van der Waals surface area contributed by atoms with E-state index < -0.39 is 0 Å². The van der Waals surface area contributed by atoms with Crippen molar-refractivity contribution in [3.05, 3.63) is 10.6 Å². The van der Waals surface area contributed by atoms with Crippen molar-refractivity contribution in [1.82, 2.24) is 10.3 Å². The Hall–Kier alpha value is -0.260. The fourth-order valence-corrected chi connectivity index (χ4v) is 5.15. The van der Waals surface area contributed by atoms with Crippen LogP contribution in [0, 0.1) is 0 Å². The SMILES string of the molecule is CCCNC1CCCc2nc(N3CCCSCC3)sc21. The van der Waals surface area contributed by atoms with Crippen LogP contribution in [0.3, 0.4) is 0 Å². The summed E-state index contributed by atoms with van der Waals surface area (Å²) in [5.74, 6) is 2.56. The lowest BCUT2D eigenvalue weighted by molar-refractivity contribution is 0.464. The monoisotopic (exact) mass is 311 g/mol. The molecule has 5 heteroatoms. The summed E-state index contributed by atoms with van der Waals surface area (Å²) in [6, 6.07) is 0.561. The van der Waals surface area contributed by atoms with E-state index >= 15 is 0 Å². The number of thioether (sulfide) groups is 1. The minimum Gasteiger partial charge on any atom is -0.347 e. The fraction of sp³-hybridized carbons (Fsp3) is 0.800. The van der Waals surface area contributed by atoms with Crippen molar-refractivity contribution in [3.63, 3.8) is 0 Å². The number of hydrogen-bond acceptors (Lipinski definition) is 5. The molecule has 0 bridgehead atoms. The Morgan fingerprint density at radius 2 is 2.25 bits per heavy atom. The normalized spacial score (nSPS) is 23.4. The maximum atomic E-state index is 4.97. The van der Waals surface area contributed by atoms with E-state index in [1.165, 1.54) is 72.4 Å². The standard InChI is InChI=1S/C15H25N3S2/c1-2-7-16-12-5-3-6-13-14(12)20-15(17-13)18-8-4-10-19-11-9-18/h12,16H,2-11H2,1H3. The molecule has 0 spiro atoms. The lowest BCUT2D eigenvalue weighted by Crippen LogP contribution is -2.25. The van der Waals surface area contributed by atoms with Gasteiger partial charge in [0.1, 0.15) is 0 Å². The predicted octanol–water partition coefficient (Wildman–Crippen LogP) is 3.46. The molecule has 20 heavy (non-hydrogen) atoms. The third-order valence-electron chi connectivity index (χ3n) is 4.07. The van der Waals surface area contributed by atoms with E-state index in [0.717, 1.165) is 6.54 Å². The molecule has 1 fully saturated rings. The molecule has 3 rings (SSSR count). The van der Waals surface area contributed by atoms with Gasteiger partial charge >= 0.3 is 0 Å². The maximum Gasteiger partial charge on any atom is 0.185 e. The van der Waals surface area contributed by atoms with Gasteiger partial charge in [-0.05, 0) is 44.4 Å². The lowest BCUT2D eigenvalue weighted by Gasteiger charge is -2.22. The summed E-state index contributed by atoms with van der Waals surface area (Å²) in [6.07, 6.45) is 6.25. The topological polar surface area (TPSA) is 28.2 Å². The minimum atomic E-state index is 0.561. The van der Waals surface area contributed by atoms with Crippen LogP contribution in [0.15, 0.2) is 0 Å². The van der Waals surface area contributed by atoms with Crippen LogP contribution in [0.1, 0.15) is 49.2 Å². The van der Waals surface area contributed by atoms with Gasteiger partial charge in [-0.1, -0.05) is 18.3 Å². The highest BCUT2D eigenvalue weighted by Gasteiger charge is 2.25. The second-order valence-corrected chi connectivity index (χ2v) is 7.89. The average Bonchev–Trinajstić information content (AvgIpc) is 2.72. The Bertz CT molecular complexity index is 425. The molecular weight excluding hydrogens is 286 g/mol. The number of anilines is 1. The number of aromatic nitrogens is 1. The number of nitrogens with one attached hydrogen (secondary N) is 1. The molecule has 1 aliphatic heterocycles. The molecule has 1 saturated heterocycles. The van der Waals surface area contributed by atoms with Gasteiger partial charge in [-0.25, -0.2) is 4.98 Å². The van der Waals surface area contributed by atoms with Crippen molar-refractivity contribution in [2.24, 2.45) is 0 Å². The van der Waals surface area contributed by atoms with E-state index in [9.17, 15) is 0 Å². The summed E-state index contributed by atoms with van der Waals surface area (Å²) in [7, 11) is 0. The zero-order chi connectivity index (χ0) is 13.8. The molecular formula is C15H25N3S2. The van der Waals surface area contributed by atoms with Gasteiger partial charge in [0.2, 0.25) is 0 Å². The highest BCUT2D eigenvalue weighted by molar-refractivity contribution is 7.99. The molecule has 1 atom stereocenters. The van der Waals surface area contributed by atoms with Gasteiger partial charge in [0.05, 0.1) is 5.69 Å². The number of aryl methyl sites for hydroxylation is 1. The van der Waals surface area contributed by atoms with Gasteiger partial charge in [-0.3, -0.25) is 0 Å². The van der Waals surface area contributed by atoms with Crippen LogP contribution in [0.4, 0.5) is 5.13 Å². The lowest BCUT2D eigenvalue weighted by atomic mass is 9.98. The van der Waals surface area contributed by atoms with Crippen LogP contribution < -0.4 is 10.2 Å². The van der Waals surface area contributed by atoms with Crippen LogP contribution in [0.25, 0.3) is 0 Å². The molecule has 1 aromatic rings. The van der Waals surface area contributed by atoms with E-state index in [1.54, 1.807) is 0 Å². The largest absolute Gasteiger partial charge is 0.347 e. The fourth-order valence-electron chi connectivity index (χ4n) is 2.99.